The summed E-state index contributed by atoms with van der Waals surface area (Å²) >= 11 is 0. The molecule has 0 saturated carbocycles. The molecule has 0 aliphatic heterocycles. The van der Waals surface area contributed by atoms with Crippen LogP contribution in [0.3, 0.4) is 0 Å². The molecule has 0 spiro atoms. The summed E-state index contributed by atoms with van der Waals surface area (Å²) in [5.74, 6) is 0.401. The zero-order chi connectivity index (χ0) is 9.40. The van der Waals surface area contributed by atoms with E-state index in [1.807, 2.05) is 0 Å². The van der Waals surface area contributed by atoms with Gasteiger partial charge in [-0.3, -0.25) is 0 Å². The normalized spacial score (nSPS) is 12.7. The third kappa shape index (κ3) is 10.7. The number of hydrogen-bond donors (Lipinski definition) is 0. The second-order valence-corrected chi connectivity index (χ2v) is 3.64. The van der Waals surface area contributed by atoms with E-state index in [2.05, 4.69) is 18.4 Å². The second kappa shape index (κ2) is 10.9. The number of hydrogen-bond acceptors (Lipinski definition) is 3. The zero-order valence-electron chi connectivity index (χ0n) is 8.10. The van der Waals surface area contributed by atoms with Crippen LogP contribution in [0.4, 0.5) is 0 Å². The van der Waals surface area contributed by atoms with Crippen molar-refractivity contribution in [3.63, 3.8) is 0 Å². The molecule has 3 nitrogen and oxygen atoms in total. The van der Waals surface area contributed by atoms with E-state index in [0.29, 0.717) is 12.5 Å². The van der Waals surface area contributed by atoms with Gasteiger partial charge in [-0.25, -0.2) is 0 Å². The van der Waals surface area contributed by atoms with Crippen molar-refractivity contribution in [2.24, 2.45) is 5.92 Å². The molecule has 0 N–H and O–H groups in total. The molecule has 0 radical (unpaired) electrons. The Balaban J connectivity index is 0. The van der Waals surface area contributed by atoms with Gasteiger partial charge in [-0.15, -0.1) is 0 Å². The van der Waals surface area contributed by atoms with Gasteiger partial charge in [0, 0.05) is 0 Å². The third-order valence-electron chi connectivity index (χ3n) is 1.96. The summed E-state index contributed by atoms with van der Waals surface area (Å²) in [6.45, 7) is 4.54. The van der Waals surface area contributed by atoms with Crippen LogP contribution in [0.25, 0.3) is 0 Å². The van der Waals surface area contributed by atoms with Crippen LogP contribution in [0, 0.1) is 5.92 Å². The molecule has 0 aliphatic carbocycles. The molecule has 0 saturated heterocycles. The minimum atomic E-state index is -2.65. The van der Waals surface area contributed by atoms with Crippen LogP contribution in [-0.4, -0.2) is 6.61 Å². The fraction of sp³-hybridized carbons (Fsp3) is 1.00. The Morgan fingerprint density at radius 2 is 1.92 bits per heavy atom. The number of rotatable bonds is 7. The molecular weight excluding hydrogens is 234 g/mol. The molecule has 0 aliphatic rings. The van der Waals surface area contributed by atoms with Crippen LogP contribution < -0.4 is 9.79 Å². The Morgan fingerprint density at radius 1 is 1.31 bits per heavy atom. The van der Waals surface area contributed by atoms with Crippen molar-refractivity contribution in [1.29, 1.82) is 0 Å². The van der Waals surface area contributed by atoms with E-state index in [1.165, 1.54) is 0 Å². The summed E-state index contributed by atoms with van der Waals surface area (Å²) < 4.78 is 4.55. The Bertz CT molecular complexity index is 103. The van der Waals surface area contributed by atoms with Crippen molar-refractivity contribution in [2.45, 2.75) is 39.5 Å². The summed E-state index contributed by atoms with van der Waals surface area (Å²) in [4.78, 5) is 20.2. The summed E-state index contributed by atoms with van der Waals surface area (Å²) in [5.41, 5.74) is 0. The van der Waals surface area contributed by atoms with E-state index in [1.54, 1.807) is 0 Å². The molecule has 0 aromatic rings. The SMILES string of the molecule is CCCCC(CC)COP([O-])[O-].[Ni+2]. The molecule has 5 heteroatoms. The van der Waals surface area contributed by atoms with Crippen LogP contribution in [0.1, 0.15) is 39.5 Å². The van der Waals surface area contributed by atoms with Crippen molar-refractivity contribution >= 4 is 8.60 Å². The second-order valence-electron chi connectivity index (χ2n) is 2.94. The van der Waals surface area contributed by atoms with Gasteiger partial charge in [-0.1, -0.05) is 33.1 Å². The van der Waals surface area contributed by atoms with Crippen molar-refractivity contribution in [3.05, 3.63) is 0 Å². The molecule has 13 heavy (non-hydrogen) atoms. The van der Waals surface area contributed by atoms with Crippen molar-refractivity contribution in [2.75, 3.05) is 6.61 Å². The first-order chi connectivity index (χ1) is 5.70. The van der Waals surface area contributed by atoms with E-state index >= 15 is 0 Å². The summed E-state index contributed by atoms with van der Waals surface area (Å²) in [7, 11) is -2.65. The first-order valence-electron chi connectivity index (χ1n) is 4.48. The van der Waals surface area contributed by atoms with E-state index < -0.39 is 8.60 Å². The van der Waals surface area contributed by atoms with Crippen LogP contribution in [0.5, 0.6) is 0 Å². The first-order valence-corrected chi connectivity index (χ1v) is 5.57. The van der Waals surface area contributed by atoms with E-state index in [4.69, 9.17) is 0 Å². The smallest absolute Gasteiger partial charge is 0.820 e. The molecular formula is C8H17NiO3P. The van der Waals surface area contributed by atoms with Gasteiger partial charge in [0.2, 0.25) is 0 Å². The standard InChI is InChI=1S/C8H17O3P.Ni/c1-3-5-6-8(4-2)7-11-12(9)10;/h8H,3-7H2,1-2H3;/q-2;+2. The average Bonchev–Trinajstić information content (AvgIpc) is 2.05. The number of unbranched alkanes of at least 4 members (excludes halogenated alkanes) is 1. The zero-order valence-corrected chi connectivity index (χ0v) is 9.98. The Hall–Kier alpha value is 0.804. The van der Waals surface area contributed by atoms with Gasteiger partial charge in [-0.2, -0.15) is 8.60 Å². The van der Waals surface area contributed by atoms with Crippen LogP contribution in [-0.2, 0) is 21.0 Å². The Kier molecular flexibility index (Phi) is 13.6. The molecule has 1 unspecified atom stereocenters. The average molecular weight is 251 g/mol. The molecule has 0 amide bonds. The monoisotopic (exact) mass is 250 g/mol. The van der Waals surface area contributed by atoms with Gasteiger partial charge in [0.25, 0.3) is 0 Å². The molecule has 0 aromatic carbocycles. The minimum Gasteiger partial charge on any atom is -0.820 e. The minimum absolute atomic E-state index is 0. The van der Waals surface area contributed by atoms with E-state index in [-0.39, 0.29) is 16.5 Å². The fourth-order valence-corrected chi connectivity index (χ4v) is 1.40. The molecule has 0 aromatic heterocycles. The first kappa shape index (κ1) is 16.2. The van der Waals surface area contributed by atoms with Gasteiger partial charge < -0.3 is 14.3 Å². The summed E-state index contributed by atoms with van der Waals surface area (Å²) in [6.07, 6.45) is 4.36. The van der Waals surface area contributed by atoms with Crippen LogP contribution >= 0.6 is 8.60 Å². The van der Waals surface area contributed by atoms with Crippen molar-refractivity contribution < 1.29 is 30.8 Å². The molecule has 1 atom stereocenters. The summed E-state index contributed by atoms with van der Waals surface area (Å²) in [5, 5.41) is 0. The maximum atomic E-state index is 10.1. The van der Waals surface area contributed by atoms with Gasteiger partial charge in [-0.05, 0) is 12.3 Å². The maximum Gasteiger partial charge on any atom is 2.00 e. The van der Waals surface area contributed by atoms with Crippen LogP contribution in [0.15, 0.2) is 0 Å². The largest absolute Gasteiger partial charge is 2.00 e. The van der Waals surface area contributed by atoms with E-state index in [0.717, 1.165) is 25.7 Å². The van der Waals surface area contributed by atoms with Gasteiger partial charge in [0.1, 0.15) is 0 Å². The molecule has 82 valence electrons. The molecule has 0 heterocycles. The third-order valence-corrected chi connectivity index (χ3v) is 2.32. The quantitative estimate of drug-likeness (QED) is 0.504. The molecule has 0 bridgehead atoms. The molecule has 0 fully saturated rings. The van der Waals surface area contributed by atoms with Gasteiger partial charge in [0.15, 0.2) is 0 Å². The predicted molar refractivity (Wildman–Crippen MR) is 46.2 cm³/mol. The topological polar surface area (TPSA) is 55.3 Å². The van der Waals surface area contributed by atoms with Crippen LogP contribution in [0.2, 0.25) is 0 Å². The summed E-state index contributed by atoms with van der Waals surface area (Å²) in [6, 6.07) is 0. The van der Waals surface area contributed by atoms with Gasteiger partial charge >= 0.3 is 16.5 Å². The fourth-order valence-electron chi connectivity index (χ4n) is 1.06. The molecule has 0 rings (SSSR count). The predicted octanol–water partition coefficient (Wildman–Crippen LogP) is 1.16. The van der Waals surface area contributed by atoms with E-state index in [9.17, 15) is 9.79 Å². The maximum absolute atomic E-state index is 10.1. The van der Waals surface area contributed by atoms with Crippen molar-refractivity contribution in [1.82, 2.24) is 0 Å². The van der Waals surface area contributed by atoms with Gasteiger partial charge in [0.05, 0.1) is 6.61 Å². The Labute approximate surface area is 91.8 Å². The Morgan fingerprint density at radius 3 is 2.31 bits per heavy atom. The van der Waals surface area contributed by atoms with Crippen molar-refractivity contribution in [3.8, 4) is 0 Å².